The quantitative estimate of drug-likeness (QED) is 0.518. The van der Waals surface area contributed by atoms with Crippen LogP contribution in [-0.2, 0) is 20.7 Å². The molecule has 0 aliphatic heterocycles. The number of nitrogens with zero attached hydrogens (tertiary/aromatic N) is 1. The summed E-state index contributed by atoms with van der Waals surface area (Å²) in [7, 11) is 0. The molecule has 26 heavy (non-hydrogen) atoms. The summed E-state index contributed by atoms with van der Waals surface area (Å²) in [6, 6.07) is 9.97. The molecular weight excluding hydrogens is 368 g/mol. The average Bonchev–Trinajstić information content (AvgIpc) is 3.06. The van der Waals surface area contributed by atoms with E-state index in [-0.39, 0.29) is 24.3 Å². The molecule has 1 heterocycles. The van der Waals surface area contributed by atoms with Gasteiger partial charge in [0, 0.05) is 5.38 Å². The van der Waals surface area contributed by atoms with Crippen LogP contribution in [0.3, 0.4) is 0 Å². The number of carbonyl (C=O) groups is 2. The maximum atomic E-state index is 12.3. The molecular formula is C19H24N2O3S2. The van der Waals surface area contributed by atoms with Gasteiger partial charge in [-0.15, -0.1) is 11.3 Å². The van der Waals surface area contributed by atoms with E-state index >= 15 is 0 Å². The van der Waals surface area contributed by atoms with Gasteiger partial charge in [-0.05, 0) is 18.4 Å². The van der Waals surface area contributed by atoms with Crippen LogP contribution in [0.4, 0.5) is 0 Å². The molecule has 0 unspecified atom stereocenters. The topological polar surface area (TPSA) is 68.3 Å². The Morgan fingerprint density at radius 1 is 1.27 bits per heavy atom. The third-order valence-corrected chi connectivity index (χ3v) is 5.70. The Morgan fingerprint density at radius 3 is 2.65 bits per heavy atom. The average molecular weight is 393 g/mol. The van der Waals surface area contributed by atoms with Crippen LogP contribution in [0.15, 0.2) is 40.1 Å². The summed E-state index contributed by atoms with van der Waals surface area (Å²) < 4.78 is 5.69. The standard InChI is InChI=1S/C19H24N2O3S2/c1-4-24-17(23)10-15-11-25-19(20-15)26-12-16(22)21-18(13(2)3)14-8-6-5-7-9-14/h5-9,11,13,18H,4,10,12H2,1-3H3,(H,21,22)/t18-/m0/s1. The van der Waals surface area contributed by atoms with Crippen molar-refractivity contribution in [2.45, 2.75) is 37.6 Å². The van der Waals surface area contributed by atoms with Gasteiger partial charge >= 0.3 is 5.97 Å². The van der Waals surface area contributed by atoms with Crippen LogP contribution in [-0.4, -0.2) is 29.2 Å². The van der Waals surface area contributed by atoms with Gasteiger partial charge < -0.3 is 10.1 Å². The lowest BCUT2D eigenvalue weighted by molar-refractivity contribution is -0.142. The van der Waals surface area contributed by atoms with Crippen LogP contribution in [0.1, 0.15) is 38.1 Å². The summed E-state index contributed by atoms with van der Waals surface area (Å²) in [6.45, 7) is 6.32. The van der Waals surface area contributed by atoms with Crippen molar-refractivity contribution in [3.8, 4) is 0 Å². The van der Waals surface area contributed by atoms with Gasteiger partial charge in [-0.25, -0.2) is 4.98 Å². The Morgan fingerprint density at radius 2 is 2.00 bits per heavy atom. The molecule has 0 saturated heterocycles. The monoisotopic (exact) mass is 392 g/mol. The molecule has 1 atom stereocenters. The van der Waals surface area contributed by atoms with Crippen LogP contribution >= 0.6 is 23.1 Å². The third kappa shape index (κ3) is 6.46. The first kappa shape index (κ1) is 20.5. The molecule has 7 heteroatoms. The molecule has 0 bridgehead atoms. The summed E-state index contributed by atoms with van der Waals surface area (Å²) in [5, 5.41) is 4.93. The lowest BCUT2D eigenvalue weighted by Gasteiger charge is -2.22. The number of rotatable bonds is 9. The van der Waals surface area contributed by atoms with E-state index in [1.165, 1.54) is 23.1 Å². The first-order valence-corrected chi connectivity index (χ1v) is 10.4. The number of esters is 1. The van der Waals surface area contributed by atoms with E-state index in [1.54, 1.807) is 6.92 Å². The number of ether oxygens (including phenoxy) is 1. The summed E-state index contributed by atoms with van der Waals surface area (Å²) in [5.74, 6) is 0.277. The minimum Gasteiger partial charge on any atom is -0.466 e. The molecule has 1 aromatic heterocycles. The molecule has 0 radical (unpaired) electrons. The molecule has 0 saturated carbocycles. The van der Waals surface area contributed by atoms with Crippen molar-refractivity contribution in [1.82, 2.24) is 10.3 Å². The number of amides is 1. The van der Waals surface area contributed by atoms with Gasteiger partial charge in [0.1, 0.15) is 0 Å². The van der Waals surface area contributed by atoms with E-state index in [1.807, 2.05) is 35.7 Å². The summed E-state index contributed by atoms with van der Waals surface area (Å²) in [6.07, 6.45) is 0.167. The van der Waals surface area contributed by atoms with Crippen molar-refractivity contribution in [2.75, 3.05) is 12.4 Å². The number of hydrogen-bond acceptors (Lipinski definition) is 6. The zero-order valence-electron chi connectivity index (χ0n) is 15.2. The molecule has 0 aliphatic carbocycles. The number of benzene rings is 1. The Hall–Kier alpha value is -1.86. The first-order valence-electron chi connectivity index (χ1n) is 8.56. The lowest BCUT2D eigenvalue weighted by Crippen LogP contribution is -2.32. The highest BCUT2D eigenvalue weighted by atomic mass is 32.2. The van der Waals surface area contributed by atoms with Gasteiger partial charge in [0.25, 0.3) is 0 Å². The lowest BCUT2D eigenvalue weighted by atomic mass is 9.96. The molecule has 140 valence electrons. The van der Waals surface area contributed by atoms with Crippen LogP contribution < -0.4 is 5.32 Å². The summed E-state index contributed by atoms with van der Waals surface area (Å²) in [5.41, 5.74) is 1.78. The number of carbonyl (C=O) groups excluding carboxylic acids is 2. The van der Waals surface area contributed by atoms with Crippen LogP contribution in [0.5, 0.6) is 0 Å². The highest BCUT2D eigenvalue weighted by Crippen LogP contribution is 2.25. The summed E-state index contributed by atoms with van der Waals surface area (Å²) in [4.78, 5) is 28.2. The van der Waals surface area contributed by atoms with E-state index in [9.17, 15) is 9.59 Å². The van der Waals surface area contributed by atoms with Crippen LogP contribution in [0.25, 0.3) is 0 Å². The number of thioether (sulfide) groups is 1. The van der Waals surface area contributed by atoms with E-state index in [0.717, 1.165) is 9.90 Å². The van der Waals surface area contributed by atoms with E-state index in [2.05, 4.69) is 24.1 Å². The third-order valence-electron chi connectivity index (χ3n) is 3.63. The van der Waals surface area contributed by atoms with Crippen molar-refractivity contribution in [2.24, 2.45) is 5.92 Å². The van der Waals surface area contributed by atoms with E-state index in [4.69, 9.17) is 4.74 Å². The highest BCUT2D eigenvalue weighted by molar-refractivity contribution is 8.01. The number of nitrogens with one attached hydrogen (secondary N) is 1. The van der Waals surface area contributed by atoms with Gasteiger partial charge in [-0.1, -0.05) is 55.9 Å². The van der Waals surface area contributed by atoms with Crippen molar-refractivity contribution >= 4 is 35.0 Å². The number of aromatic nitrogens is 1. The molecule has 0 aliphatic rings. The second kappa shape index (κ2) is 10.3. The van der Waals surface area contributed by atoms with Crippen molar-refractivity contribution in [3.05, 3.63) is 47.0 Å². The van der Waals surface area contributed by atoms with Crippen molar-refractivity contribution in [1.29, 1.82) is 0 Å². The zero-order valence-corrected chi connectivity index (χ0v) is 16.9. The first-order chi connectivity index (χ1) is 12.5. The Labute approximate surface area is 162 Å². The molecule has 2 rings (SSSR count). The largest absolute Gasteiger partial charge is 0.466 e. The maximum absolute atomic E-state index is 12.3. The van der Waals surface area contributed by atoms with E-state index in [0.29, 0.717) is 24.0 Å². The fraction of sp³-hybridized carbons (Fsp3) is 0.421. The van der Waals surface area contributed by atoms with Gasteiger partial charge in [-0.2, -0.15) is 0 Å². The molecule has 5 nitrogen and oxygen atoms in total. The maximum Gasteiger partial charge on any atom is 0.311 e. The predicted molar refractivity (Wildman–Crippen MR) is 105 cm³/mol. The van der Waals surface area contributed by atoms with Gasteiger partial charge in [-0.3, -0.25) is 9.59 Å². The minimum atomic E-state index is -0.283. The van der Waals surface area contributed by atoms with Crippen LogP contribution in [0.2, 0.25) is 0 Å². The molecule has 1 amide bonds. The molecule has 0 fully saturated rings. The van der Waals surface area contributed by atoms with Gasteiger partial charge in [0.05, 0.1) is 30.5 Å². The van der Waals surface area contributed by atoms with Gasteiger partial charge in [0.15, 0.2) is 4.34 Å². The second-order valence-electron chi connectivity index (χ2n) is 6.08. The zero-order chi connectivity index (χ0) is 18.9. The molecule has 1 N–H and O–H groups in total. The second-order valence-corrected chi connectivity index (χ2v) is 8.16. The smallest absolute Gasteiger partial charge is 0.311 e. The highest BCUT2D eigenvalue weighted by Gasteiger charge is 2.18. The fourth-order valence-corrected chi connectivity index (χ4v) is 4.09. The van der Waals surface area contributed by atoms with Crippen LogP contribution in [0, 0.1) is 5.92 Å². The van der Waals surface area contributed by atoms with Gasteiger partial charge in [0.2, 0.25) is 5.91 Å². The molecule has 0 spiro atoms. The Bertz CT molecular complexity index is 717. The summed E-state index contributed by atoms with van der Waals surface area (Å²) >= 11 is 2.82. The molecule has 2 aromatic rings. The van der Waals surface area contributed by atoms with E-state index < -0.39 is 0 Å². The normalized spacial score (nSPS) is 12.0. The Kier molecular flexibility index (Phi) is 8.12. The minimum absolute atomic E-state index is 0.0139. The number of hydrogen-bond donors (Lipinski definition) is 1. The number of thiazole rings is 1. The van der Waals surface area contributed by atoms with Crippen molar-refractivity contribution in [3.63, 3.8) is 0 Å². The fourth-order valence-electron chi connectivity index (χ4n) is 2.43. The SMILES string of the molecule is CCOC(=O)Cc1csc(SCC(=O)N[C@H](c2ccccc2)C(C)C)n1. The molecule has 1 aromatic carbocycles. The predicted octanol–water partition coefficient (Wildman–Crippen LogP) is 3.85. The Balaban J connectivity index is 1.86. The van der Waals surface area contributed by atoms with Crippen molar-refractivity contribution < 1.29 is 14.3 Å².